The number of nitrogens with one attached hydrogen (secondary N) is 1. The van der Waals surface area contributed by atoms with Gasteiger partial charge in [0.25, 0.3) is 0 Å². The number of anilines is 1. The van der Waals surface area contributed by atoms with Gasteiger partial charge >= 0.3 is 0 Å². The lowest BCUT2D eigenvalue weighted by atomic mass is 10.2. The van der Waals surface area contributed by atoms with Crippen molar-refractivity contribution in [1.82, 2.24) is 14.6 Å². The minimum Gasteiger partial charge on any atom is -0.378 e. The van der Waals surface area contributed by atoms with Crippen molar-refractivity contribution in [2.24, 2.45) is 0 Å². The fourth-order valence-corrected chi connectivity index (χ4v) is 2.36. The highest BCUT2D eigenvalue weighted by Gasteiger charge is 2.05. The Morgan fingerprint density at radius 3 is 3.11 bits per heavy atom. The molecule has 0 saturated heterocycles. The summed E-state index contributed by atoms with van der Waals surface area (Å²) in [5.41, 5.74) is 2.98. The van der Waals surface area contributed by atoms with E-state index in [1.54, 1.807) is 6.20 Å². The fraction of sp³-hybridized carbons (Fsp3) is 0.0769. The maximum atomic E-state index is 6.04. The molecule has 0 unspecified atom stereocenters. The zero-order valence-electron chi connectivity index (χ0n) is 9.85. The Kier molecular flexibility index (Phi) is 3.40. The summed E-state index contributed by atoms with van der Waals surface area (Å²) in [5, 5.41) is 8.02. The summed E-state index contributed by atoms with van der Waals surface area (Å²) in [6.45, 7) is 0.644. The largest absolute Gasteiger partial charge is 0.378 e. The van der Waals surface area contributed by atoms with Gasteiger partial charge in [0.2, 0.25) is 0 Å². The zero-order valence-corrected chi connectivity index (χ0v) is 12.2. The van der Waals surface area contributed by atoms with Gasteiger partial charge in [-0.1, -0.05) is 17.7 Å². The van der Waals surface area contributed by atoms with Crippen molar-refractivity contribution in [2.45, 2.75) is 6.54 Å². The Labute approximate surface area is 123 Å². The highest BCUT2D eigenvalue weighted by atomic mass is 79.9. The first-order valence-electron chi connectivity index (χ1n) is 5.70. The lowest BCUT2D eigenvalue weighted by molar-refractivity contribution is 0.961. The second-order valence-corrected chi connectivity index (χ2v) is 5.32. The van der Waals surface area contributed by atoms with Gasteiger partial charge in [-0.3, -0.25) is 0 Å². The van der Waals surface area contributed by atoms with Gasteiger partial charge in [-0.25, -0.2) is 9.50 Å². The first-order chi connectivity index (χ1) is 9.24. The Bertz CT molecular complexity index is 725. The number of aromatic nitrogens is 3. The topological polar surface area (TPSA) is 42.2 Å². The summed E-state index contributed by atoms with van der Waals surface area (Å²) in [5.74, 6) is 0. The molecule has 0 aliphatic heterocycles. The van der Waals surface area contributed by atoms with Crippen LogP contribution < -0.4 is 5.32 Å². The Morgan fingerprint density at radius 2 is 2.21 bits per heavy atom. The van der Waals surface area contributed by atoms with E-state index in [1.165, 1.54) is 0 Å². The van der Waals surface area contributed by atoms with E-state index in [0.717, 1.165) is 21.2 Å². The van der Waals surface area contributed by atoms with Gasteiger partial charge in [-0.2, -0.15) is 5.10 Å². The van der Waals surface area contributed by atoms with Crippen molar-refractivity contribution in [3.8, 4) is 0 Å². The van der Waals surface area contributed by atoms with E-state index in [-0.39, 0.29) is 0 Å². The van der Waals surface area contributed by atoms with Gasteiger partial charge in [0, 0.05) is 29.0 Å². The van der Waals surface area contributed by atoms with Gasteiger partial charge in [0.15, 0.2) is 5.15 Å². The summed E-state index contributed by atoms with van der Waals surface area (Å²) in [4.78, 5) is 4.08. The Hall–Kier alpha value is -1.59. The van der Waals surface area contributed by atoms with Crippen molar-refractivity contribution < 1.29 is 0 Å². The van der Waals surface area contributed by atoms with Crippen LogP contribution in [0.4, 0.5) is 5.69 Å². The molecule has 0 radical (unpaired) electrons. The molecule has 3 aromatic rings. The summed E-state index contributed by atoms with van der Waals surface area (Å²) >= 11 is 9.42. The highest BCUT2D eigenvalue weighted by molar-refractivity contribution is 9.10. The predicted octanol–water partition coefficient (Wildman–Crippen LogP) is 3.76. The summed E-state index contributed by atoms with van der Waals surface area (Å²) in [7, 11) is 0. The molecule has 0 aromatic carbocycles. The molecular formula is C13H10BrClN4. The van der Waals surface area contributed by atoms with Gasteiger partial charge in [0.05, 0.1) is 17.4 Å². The molecule has 96 valence electrons. The number of hydrogen-bond donors (Lipinski definition) is 1. The van der Waals surface area contributed by atoms with Gasteiger partial charge in [-0.05, 0) is 34.1 Å². The molecule has 3 aromatic heterocycles. The summed E-state index contributed by atoms with van der Waals surface area (Å²) in [6, 6.07) is 7.88. The smallest absolute Gasteiger partial charge is 0.152 e. The molecule has 0 aliphatic rings. The fourth-order valence-electron chi connectivity index (χ4n) is 1.86. The van der Waals surface area contributed by atoms with Crippen LogP contribution in [-0.4, -0.2) is 14.6 Å². The van der Waals surface area contributed by atoms with E-state index in [9.17, 15) is 0 Å². The van der Waals surface area contributed by atoms with E-state index in [0.29, 0.717) is 11.7 Å². The molecule has 6 heteroatoms. The van der Waals surface area contributed by atoms with E-state index in [1.807, 2.05) is 41.2 Å². The minimum absolute atomic E-state index is 0.458. The lowest BCUT2D eigenvalue weighted by Gasteiger charge is -2.07. The van der Waals surface area contributed by atoms with Gasteiger partial charge < -0.3 is 5.32 Å². The number of hydrogen-bond acceptors (Lipinski definition) is 3. The third kappa shape index (κ3) is 2.57. The van der Waals surface area contributed by atoms with Crippen LogP contribution in [-0.2, 0) is 6.54 Å². The van der Waals surface area contributed by atoms with Crippen molar-refractivity contribution in [3.63, 3.8) is 0 Å². The number of halogens is 2. The molecular weight excluding hydrogens is 328 g/mol. The van der Waals surface area contributed by atoms with Crippen LogP contribution in [0, 0.1) is 0 Å². The van der Waals surface area contributed by atoms with Gasteiger partial charge in [0.1, 0.15) is 0 Å². The molecule has 0 fully saturated rings. The monoisotopic (exact) mass is 336 g/mol. The van der Waals surface area contributed by atoms with Crippen LogP contribution in [0.15, 0.2) is 47.3 Å². The SMILES string of the molecule is Clc1ncc(Br)cc1NCc1cnn2ccccc12. The number of fused-ring (bicyclic) bond motifs is 1. The average molecular weight is 338 g/mol. The van der Waals surface area contributed by atoms with E-state index in [4.69, 9.17) is 11.6 Å². The number of nitrogens with zero attached hydrogens (tertiary/aromatic N) is 3. The maximum absolute atomic E-state index is 6.04. The second kappa shape index (κ2) is 5.19. The molecule has 0 bridgehead atoms. The predicted molar refractivity (Wildman–Crippen MR) is 79.5 cm³/mol. The summed E-state index contributed by atoms with van der Waals surface area (Å²) in [6.07, 6.45) is 5.44. The minimum atomic E-state index is 0.458. The van der Waals surface area contributed by atoms with E-state index >= 15 is 0 Å². The quantitative estimate of drug-likeness (QED) is 0.740. The third-order valence-corrected chi connectivity index (χ3v) is 3.52. The van der Waals surface area contributed by atoms with Gasteiger partial charge in [-0.15, -0.1) is 0 Å². The lowest BCUT2D eigenvalue weighted by Crippen LogP contribution is -2.00. The molecule has 0 spiro atoms. The molecule has 19 heavy (non-hydrogen) atoms. The number of pyridine rings is 2. The van der Waals surface area contributed by atoms with Crippen molar-refractivity contribution in [1.29, 1.82) is 0 Å². The highest BCUT2D eigenvalue weighted by Crippen LogP contribution is 2.24. The van der Waals surface area contributed by atoms with Crippen LogP contribution in [0.25, 0.3) is 5.52 Å². The van der Waals surface area contributed by atoms with E-state index < -0.39 is 0 Å². The second-order valence-electron chi connectivity index (χ2n) is 4.05. The standard InChI is InChI=1S/C13H10BrClN4/c14-10-5-11(13(15)17-8-10)16-6-9-7-18-19-4-2-1-3-12(9)19/h1-5,7-8,16H,6H2. The molecule has 0 aliphatic carbocycles. The molecule has 0 amide bonds. The van der Waals surface area contributed by atoms with Crippen LogP contribution in [0.2, 0.25) is 5.15 Å². The van der Waals surface area contributed by atoms with Crippen LogP contribution >= 0.6 is 27.5 Å². The molecule has 1 N–H and O–H groups in total. The Morgan fingerprint density at radius 1 is 1.32 bits per heavy atom. The molecule has 4 nitrogen and oxygen atoms in total. The van der Waals surface area contributed by atoms with E-state index in [2.05, 4.69) is 31.3 Å². The number of rotatable bonds is 3. The van der Waals surface area contributed by atoms with Crippen LogP contribution in [0.5, 0.6) is 0 Å². The third-order valence-electron chi connectivity index (χ3n) is 2.78. The molecule has 0 atom stereocenters. The first-order valence-corrected chi connectivity index (χ1v) is 6.87. The maximum Gasteiger partial charge on any atom is 0.152 e. The van der Waals surface area contributed by atoms with Crippen LogP contribution in [0.1, 0.15) is 5.56 Å². The van der Waals surface area contributed by atoms with Crippen molar-refractivity contribution >= 4 is 38.7 Å². The molecule has 3 rings (SSSR count). The summed E-state index contributed by atoms with van der Waals surface area (Å²) < 4.78 is 2.73. The van der Waals surface area contributed by atoms with Crippen molar-refractivity contribution in [3.05, 3.63) is 58.0 Å². The normalized spacial score (nSPS) is 10.8. The first kappa shape index (κ1) is 12.4. The molecule has 0 saturated carbocycles. The average Bonchev–Trinajstić information content (AvgIpc) is 2.83. The van der Waals surface area contributed by atoms with Crippen molar-refractivity contribution in [2.75, 3.05) is 5.32 Å². The van der Waals surface area contributed by atoms with Crippen LogP contribution in [0.3, 0.4) is 0 Å². The Balaban J connectivity index is 1.84. The molecule has 3 heterocycles. The zero-order chi connectivity index (χ0) is 13.2.